The van der Waals surface area contributed by atoms with Gasteiger partial charge in [0.1, 0.15) is 23.0 Å². The van der Waals surface area contributed by atoms with Crippen LogP contribution in [0.3, 0.4) is 0 Å². The summed E-state index contributed by atoms with van der Waals surface area (Å²) in [6.07, 6.45) is -1.01. The Morgan fingerprint density at radius 2 is 0.833 bits per heavy atom. The first-order chi connectivity index (χ1) is 23.1. The van der Waals surface area contributed by atoms with Crippen molar-refractivity contribution < 1.29 is 38.1 Å². The Balaban J connectivity index is 1.09. The predicted octanol–water partition coefficient (Wildman–Crippen LogP) is 8.31. The maximum atomic E-state index is 12.9. The number of carbonyl (C=O) groups excluding carboxylic acids is 4. The Kier molecular flexibility index (Phi) is 10.7. The molecule has 1 saturated carbocycles. The van der Waals surface area contributed by atoms with Gasteiger partial charge in [0.05, 0.1) is 23.9 Å². The van der Waals surface area contributed by atoms with Crippen molar-refractivity contribution in [3.05, 3.63) is 120 Å². The first-order valence-electron chi connectivity index (χ1n) is 15.7. The average molecular weight is 651 g/mol. The van der Waals surface area contributed by atoms with E-state index in [9.17, 15) is 19.2 Å². The third-order valence-corrected chi connectivity index (χ3v) is 8.68. The van der Waals surface area contributed by atoms with Crippen LogP contribution in [0.5, 0.6) is 23.0 Å². The molecule has 0 aromatic heterocycles. The molecule has 10 heteroatoms. The largest absolute Gasteiger partial charge is 0.457 e. The van der Waals surface area contributed by atoms with Crippen molar-refractivity contribution >= 4 is 24.1 Å². The van der Waals surface area contributed by atoms with Gasteiger partial charge in [-0.1, -0.05) is 60.7 Å². The van der Waals surface area contributed by atoms with Gasteiger partial charge in [-0.25, -0.2) is 9.59 Å². The number of esters is 2. The maximum Gasteiger partial charge on any atom is 0.417 e. The lowest BCUT2D eigenvalue weighted by Crippen LogP contribution is -2.44. The quantitative estimate of drug-likeness (QED) is 0.124. The van der Waals surface area contributed by atoms with Crippen LogP contribution in [-0.4, -0.2) is 48.0 Å². The number of amides is 2. The third kappa shape index (κ3) is 8.19. The molecule has 5 rings (SSSR count). The molecule has 4 aromatic carbocycles. The number of benzene rings is 4. The van der Waals surface area contributed by atoms with Crippen LogP contribution >= 0.6 is 0 Å². The smallest absolute Gasteiger partial charge is 0.417 e. The summed E-state index contributed by atoms with van der Waals surface area (Å²) in [5.74, 6) is -0.724. The van der Waals surface area contributed by atoms with E-state index >= 15 is 0 Å². The van der Waals surface area contributed by atoms with E-state index in [-0.39, 0.29) is 0 Å². The highest BCUT2D eigenvalue weighted by molar-refractivity contribution is 5.93. The number of carbonyl (C=O) groups is 4. The fourth-order valence-corrected chi connectivity index (χ4v) is 5.17. The summed E-state index contributed by atoms with van der Waals surface area (Å²) >= 11 is 0. The second-order valence-corrected chi connectivity index (χ2v) is 11.7. The van der Waals surface area contributed by atoms with Crippen molar-refractivity contribution in [1.29, 1.82) is 0 Å². The normalized spacial score (nSPS) is 16.3. The van der Waals surface area contributed by atoms with Gasteiger partial charge in [-0.3, -0.25) is 9.59 Å². The molecule has 248 valence electrons. The first kappa shape index (κ1) is 33.7. The standard InChI is InChI=1S/C38H38N2O8/c1-25(27-15-19-31(20-16-27)45-29-11-7-5-8-12-29)39(3)37(43)47-35(41)33-23-24-34(33)36(42)48-38(44)40(4)26(2)28-17-21-32(22-18-28)46-30-13-9-6-10-14-30/h5-22,25-26,33-34H,23-24H2,1-4H3/t25-,26-,33?,34?/m0/s1. The van der Waals surface area contributed by atoms with Gasteiger partial charge in [-0.15, -0.1) is 0 Å². The molecule has 1 aliphatic carbocycles. The van der Waals surface area contributed by atoms with E-state index in [4.69, 9.17) is 18.9 Å². The molecule has 0 bridgehead atoms. The molecule has 0 spiro atoms. The van der Waals surface area contributed by atoms with Gasteiger partial charge in [0.25, 0.3) is 0 Å². The van der Waals surface area contributed by atoms with Gasteiger partial charge in [-0.05, 0) is 86.3 Å². The topological polar surface area (TPSA) is 112 Å². The number of para-hydroxylation sites is 2. The minimum Gasteiger partial charge on any atom is -0.457 e. The summed E-state index contributed by atoms with van der Waals surface area (Å²) in [5, 5.41) is 0. The van der Waals surface area contributed by atoms with Crippen LogP contribution in [0.25, 0.3) is 0 Å². The van der Waals surface area contributed by atoms with E-state index in [1.54, 1.807) is 38.1 Å². The summed E-state index contributed by atoms with van der Waals surface area (Å²) in [4.78, 5) is 54.1. The highest BCUT2D eigenvalue weighted by Gasteiger charge is 2.45. The Morgan fingerprint density at radius 3 is 1.15 bits per heavy atom. The van der Waals surface area contributed by atoms with E-state index in [0.717, 1.165) is 11.1 Å². The Bertz CT molecular complexity index is 1580. The molecule has 2 amide bonds. The van der Waals surface area contributed by atoms with Crippen LogP contribution in [0.1, 0.15) is 49.9 Å². The molecular formula is C38H38N2O8. The molecule has 0 heterocycles. The second-order valence-electron chi connectivity index (χ2n) is 11.7. The first-order valence-corrected chi connectivity index (χ1v) is 15.7. The Labute approximate surface area is 279 Å². The summed E-state index contributed by atoms with van der Waals surface area (Å²) in [6, 6.07) is 32.4. The molecule has 1 fully saturated rings. The molecule has 1 aliphatic rings. The summed E-state index contributed by atoms with van der Waals surface area (Å²) < 4.78 is 21.9. The fourth-order valence-electron chi connectivity index (χ4n) is 5.17. The number of rotatable bonds is 10. The van der Waals surface area contributed by atoms with Gasteiger partial charge in [0, 0.05) is 14.1 Å². The van der Waals surface area contributed by atoms with Crippen molar-refractivity contribution in [3.63, 3.8) is 0 Å². The van der Waals surface area contributed by atoms with Crippen LogP contribution < -0.4 is 9.47 Å². The Morgan fingerprint density at radius 1 is 0.521 bits per heavy atom. The third-order valence-electron chi connectivity index (χ3n) is 8.68. The highest BCUT2D eigenvalue weighted by Crippen LogP contribution is 2.37. The number of hydrogen-bond acceptors (Lipinski definition) is 8. The van der Waals surface area contributed by atoms with Crippen molar-refractivity contribution in [2.75, 3.05) is 14.1 Å². The van der Waals surface area contributed by atoms with Crippen LogP contribution in [0.4, 0.5) is 9.59 Å². The predicted molar refractivity (Wildman–Crippen MR) is 177 cm³/mol. The minimum atomic E-state index is -0.882. The molecule has 48 heavy (non-hydrogen) atoms. The number of ether oxygens (including phenoxy) is 4. The van der Waals surface area contributed by atoms with Crippen molar-refractivity contribution in [1.82, 2.24) is 9.80 Å². The van der Waals surface area contributed by atoms with Gasteiger partial charge in [0.2, 0.25) is 0 Å². The van der Waals surface area contributed by atoms with E-state index in [1.165, 1.54) is 23.9 Å². The van der Waals surface area contributed by atoms with Crippen LogP contribution in [0, 0.1) is 11.8 Å². The monoisotopic (exact) mass is 650 g/mol. The van der Waals surface area contributed by atoms with Gasteiger partial charge in [0.15, 0.2) is 0 Å². The summed E-state index contributed by atoms with van der Waals surface area (Å²) in [6.45, 7) is 3.61. The molecule has 2 unspecified atom stereocenters. The zero-order valence-electron chi connectivity index (χ0n) is 27.3. The Hall–Kier alpha value is -5.64. The lowest BCUT2D eigenvalue weighted by atomic mass is 9.74. The van der Waals surface area contributed by atoms with Crippen LogP contribution in [-0.2, 0) is 19.1 Å². The SMILES string of the molecule is C[C@@H](c1ccc(Oc2ccccc2)cc1)N(C)C(=O)OC(=O)C1CCC1C(=O)OC(=O)N(C)[C@@H](C)c1ccc(Oc2ccccc2)cc1. The van der Waals surface area contributed by atoms with E-state index in [0.29, 0.717) is 35.8 Å². The van der Waals surface area contributed by atoms with Gasteiger partial charge >= 0.3 is 24.1 Å². The zero-order chi connectivity index (χ0) is 34.2. The average Bonchev–Trinajstić information content (AvgIpc) is 3.08. The van der Waals surface area contributed by atoms with E-state index in [2.05, 4.69) is 0 Å². The maximum absolute atomic E-state index is 12.9. The summed E-state index contributed by atoms with van der Waals surface area (Å²) in [7, 11) is 3.06. The fraction of sp³-hybridized carbons (Fsp3) is 0.263. The van der Waals surface area contributed by atoms with Crippen molar-refractivity contribution in [2.24, 2.45) is 11.8 Å². The molecule has 0 saturated heterocycles. The number of hydrogen-bond donors (Lipinski definition) is 0. The summed E-state index contributed by atoms with van der Waals surface area (Å²) in [5.41, 5.74) is 1.61. The van der Waals surface area contributed by atoms with E-state index < -0.39 is 48.0 Å². The highest BCUT2D eigenvalue weighted by atomic mass is 16.6. The number of nitrogens with zero attached hydrogens (tertiary/aromatic N) is 2. The molecule has 0 N–H and O–H groups in total. The molecule has 4 atom stereocenters. The molecule has 0 aliphatic heterocycles. The van der Waals surface area contributed by atoms with Crippen LogP contribution in [0.2, 0.25) is 0 Å². The molecular weight excluding hydrogens is 612 g/mol. The minimum absolute atomic E-state index is 0.339. The van der Waals surface area contributed by atoms with Crippen LogP contribution in [0.15, 0.2) is 109 Å². The zero-order valence-corrected chi connectivity index (χ0v) is 27.3. The lowest BCUT2D eigenvalue weighted by Gasteiger charge is -2.33. The lowest BCUT2D eigenvalue weighted by molar-refractivity contribution is -0.161. The molecule has 0 radical (unpaired) electrons. The van der Waals surface area contributed by atoms with Gasteiger partial charge < -0.3 is 28.7 Å². The molecule has 10 nitrogen and oxygen atoms in total. The molecule has 4 aromatic rings. The van der Waals surface area contributed by atoms with E-state index in [1.807, 2.05) is 84.9 Å². The van der Waals surface area contributed by atoms with Crippen molar-refractivity contribution in [3.8, 4) is 23.0 Å². The van der Waals surface area contributed by atoms with Crippen molar-refractivity contribution in [2.45, 2.75) is 38.8 Å². The second kappa shape index (κ2) is 15.3. The van der Waals surface area contributed by atoms with Gasteiger partial charge in [-0.2, -0.15) is 0 Å².